The van der Waals surface area contributed by atoms with Crippen LogP contribution < -0.4 is 0 Å². The highest BCUT2D eigenvalue weighted by Gasteiger charge is 2.28. The summed E-state index contributed by atoms with van der Waals surface area (Å²) < 4.78 is 1.72. The first-order chi connectivity index (χ1) is 13.7. The SMILES string of the molecule is C[C@H](Cn1cncn1)C(=O)N1CCC(c2cc(Cc3ccccc3)[nH]n2)CC1. The predicted molar refractivity (Wildman–Crippen MR) is 106 cm³/mol. The van der Waals surface area contributed by atoms with E-state index in [0.717, 1.165) is 43.7 Å². The molecule has 4 rings (SSSR count). The van der Waals surface area contributed by atoms with E-state index in [-0.39, 0.29) is 11.8 Å². The average Bonchev–Trinajstić information content (AvgIpc) is 3.40. The highest BCUT2D eigenvalue weighted by atomic mass is 16.2. The number of rotatable bonds is 6. The number of likely N-dealkylation sites (tertiary alicyclic amines) is 1. The van der Waals surface area contributed by atoms with E-state index >= 15 is 0 Å². The zero-order valence-electron chi connectivity index (χ0n) is 16.2. The number of carbonyl (C=O) groups excluding carboxylic acids is 1. The Hall–Kier alpha value is -2.96. The molecule has 0 radical (unpaired) electrons. The van der Waals surface area contributed by atoms with Crippen molar-refractivity contribution >= 4 is 5.91 Å². The van der Waals surface area contributed by atoms with Crippen LogP contribution in [0.1, 0.15) is 42.6 Å². The van der Waals surface area contributed by atoms with E-state index in [4.69, 9.17) is 0 Å². The first-order valence-corrected chi connectivity index (χ1v) is 9.88. The highest BCUT2D eigenvalue weighted by molar-refractivity contribution is 5.78. The van der Waals surface area contributed by atoms with Gasteiger partial charge in [0.1, 0.15) is 12.7 Å². The Balaban J connectivity index is 1.30. The molecule has 1 amide bonds. The van der Waals surface area contributed by atoms with Gasteiger partial charge in [0.25, 0.3) is 0 Å². The number of carbonyl (C=O) groups is 1. The molecular formula is C21H26N6O. The topological polar surface area (TPSA) is 79.7 Å². The fraction of sp³-hybridized carbons (Fsp3) is 0.429. The number of hydrogen-bond acceptors (Lipinski definition) is 4. The third kappa shape index (κ3) is 4.30. The highest BCUT2D eigenvalue weighted by Crippen LogP contribution is 2.28. The first kappa shape index (κ1) is 18.4. The fourth-order valence-corrected chi connectivity index (χ4v) is 3.89. The standard InChI is InChI=1S/C21H26N6O/c1-16(13-27-15-22-14-23-27)21(28)26-9-7-18(8-10-26)20-12-19(24-25-20)11-17-5-3-2-4-6-17/h2-6,12,14-16,18H,7-11,13H2,1H3,(H,24,25)/t16-/m1/s1. The van der Waals surface area contributed by atoms with Crippen molar-refractivity contribution in [3.05, 3.63) is 66.0 Å². The third-order valence-corrected chi connectivity index (χ3v) is 5.46. The van der Waals surface area contributed by atoms with Gasteiger partial charge in [0.05, 0.1) is 18.2 Å². The molecule has 7 nitrogen and oxygen atoms in total. The Morgan fingerprint density at radius 3 is 2.75 bits per heavy atom. The molecule has 3 heterocycles. The van der Waals surface area contributed by atoms with Gasteiger partial charge in [-0.05, 0) is 24.5 Å². The summed E-state index contributed by atoms with van der Waals surface area (Å²) in [7, 11) is 0. The molecule has 1 saturated heterocycles. The van der Waals surface area contributed by atoms with Crippen molar-refractivity contribution in [2.24, 2.45) is 5.92 Å². The molecule has 3 aromatic rings. The summed E-state index contributed by atoms with van der Waals surface area (Å²) in [4.78, 5) is 18.6. The average molecular weight is 378 g/mol. The monoisotopic (exact) mass is 378 g/mol. The van der Waals surface area contributed by atoms with Crippen molar-refractivity contribution in [2.45, 2.75) is 38.6 Å². The van der Waals surface area contributed by atoms with Crippen LogP contribution in [0.25, 0.3) is 0 Å². The van der Waals surface area contributed by atoms with Gasteiger partial charge in [-0.15, -0.1) is 0 Å². The Morgan fingerprint density at radius 1 is 1.25 bits per heavy atom. The Bertz CT molecular complexity index is 881. The Kier molecular flexibility index (Phi) is 5.50. The molecule has 146 valence electrons. The lowest BCUT2D eigenvalue weighted by molar-refractivity contribution is -0.136. The quantitative estimate of drug-likeness (QED) is 0.715. The lowest BCUT2D eigenvalue weighted by Gasteiger charge is -2.33. The lowest BCUT2D eigenvalue weighted by atomic mass is 9.92. The normalized spacial score (nSPS) is 16.2. The van der Waals surface area contributed by atoms with E-state index in [2.05, 4.69) is 50.6 Å². The Labute approximate surface area is 164 Å². The van der Waals surface area contributed by atoms with Crippen LogP contribution >= 0.6 is 0 Å². The van der Waals surface area contributed by atoms with E-state index < -0.39 is 0 Å². The number of piperidine rings is 1. The molecule has 0 unspecified atom stereocenters. The number of nitrogens with zero attached hydrogens (tertiary/aromatic N) is 5. The number of amides is 1. The summed E-state index contributed by atoms with van der Waals surface area (Å²) in [5, 5.41) is 11.8. The molecule has 1 fully saturated rings. The van der Waals surface area contributed by atoms with Gasteiger partial charge in [-0.2, -0.15) is 10.2 Å². The number of hydrogen-bond donors (Lipinski definition) is 1. The van der Waals surface area contributed by atoms with Gasteiger partial charge in [-0.1, -0.05) is 37.3 Å². The zero-order chi connectivity index (χ0) is 19.3. The fourth-order valence-electron chi connectivity index (χ4n) is 3.89. The Morgan fingerprint density at radius 2 is 2.04 bits per heavy atom. The maximum Gasteiger partial charge on any atom is 0.227 e. The van der Waals surface area contributed by atoms with E-state index in [1.54, 1.807) is 11.0 Å². The van der Waals surface area contributed by atoms with Gasteiger partial charge in [-0.3, -0.25) is 14.6 Å². The molecule has 1 aliphatic heterocycles. The van der Waals surface area contributed by atoms with Crippen molar-refractivity contribution in [1.82, 2.24) is 29.9 Å². The smallest absolute Gasteiger partial charge is 0.227 e. The molecule has 7 heteroatoms. The number of H-pyrrole nitrogens is 1. The van der Waals surface area contributed by atoms with Crippen molar-refractivity contribution < 1.29 is 4.79 Å². The van der Waals surface area contributed by atoms with Crippen LogP contribution in [0.3, 0.4) is 0 Å². The van der Waals surface area contributed by atoms with E-state index in [0.29, 0.717) is 12.5 Å². The number of nitrogens with one attached hydrogen (secondary N) is 1. The summed E-state index contributed by atoms with van der Waals surface area (Å²) in [6, 6.07) is 12.6. The number of benzene rings is 1. The van der Waals surface area contributed by atoms with Gasteiger partial charge in [0, 0.05) is 31.1 Å². The predicted octanol–water partition coefficient (Wildman–Crippen LogP) is 2.63. The second-order valence-electron chi connectivity index (χ2n) is 7.60. The van der Waals surface area contributed by atoms with Gasteiger partial charge < -0.3 is 4.90 Å². The molecule has 1 aromatic carbocycles. The van der Waals surface area contributed by atoms with E-state index in [1.165, 1.54) is 11.9 Å². The molecule has 0 aliphatic carbocycles. The van der Waals surface area contributed by atoms with Crippen molar-refractivity contribution in [3.8, 4) is 0 Å². The minimum atomic E-state index is -0.0962. The van der Waals surface area contributed by atoms with Crippen LogP contribution in [0, 0.1) is 5.92 Å². The summed E-state index contributed by atoms with van der Waals surface area (Å²) >= 11 is 0. The second-order valence-corrected chi connectivity index (χ2v) is 7.60. The molecule has 1 aliphatic rings. The summed E-state index contributed by atoms with van der Waals surface area (Å²) in [6.07, 6.45) is 5.93. The second kappa shape index (κ2) is 8.37. The van der Waals surface area contributed by atoms with Crippen LogP contribution in [0.5, 0.6) is 0 Å². The minimum Gasteiger partial charge on any atom is -0.342 e. The molecule has 28 heavy (non-hydrogen) atoms. The molecule has 0 spiro atoms. The molecule has 1 N–H and O–H groups in total. The van der Waals surface area contributed by atoms with Gasteiger partial charge in [-0.25, -0.2) is 4.98 Å². The van der Waals surface area contributed by atoms with Crippen LogP contribution in [-0.4, -0.2) is 48.9 Å². The van der Waals surface area contributed by atoms with Gasteiger partial charge in [0.15, 0.2) is 0 Å². The lowest BCUT2D eigenvalue weighted by Crippen LogP contribution is -2.41. The van der Waals surface area contributed by atoms with Crippen molar-refractivity contribution in [1.29, 1.82) is 0 Å². The third-order valence-electron chi connectivity index (χ3n) is 5.46. The maximum absolute atomic E-state index is 12.7. The summed E-state index contributed by atoms with van der Waals surface area (Å²) in [5.74, 6) is 0.511. The minimum absolute atomic E-state index is 0.0962. The molecule has 0 bridgehead atoms. The molecule has 0 saturated carbocycles. The molecule has 1 atom stereocenters. The van der Waals surface area contributed by atoms with Crippen LogP contribution in [0.4, 0.5) is 0 Å². The molecule has 2 aromatic heterocycles. The van der Waals surface area contributed by atoms with Crippen molar-refractivity contribution in [3.63, 3.8) is 0 Å². The zero-order valence-corrected chi connectivity index (χ0v) is 16.2. The summed E-state index contributed by atoms with van der Waals surface area (Å²) in [6.45, 7) is 4.10. The van der Waals surface area contributed by atoms with Gasteiger partial charge in [0.2, 0.25) is 5.91 Å². The van der Waals surface area contributed by atoms with E-state index in [9.17, 15) is 4.79 Å². The largest absolute Gasteiger partial charge is 0.342 e. The van der Waals surface area contributed by atoms with Crippen molar-refractivity contribution in [2.75, 3.05) is 13.1 Å². The summed E-state index contributed by atoms with van der Waals surface area (Å²) in [5.41, 5.74) is 3.54. The molecular weight excluding hydrogens is 352 g/mol. The maximum atomic E-state index is 12.7. The van der Waals surface area contributed by atoms with E-state index in [1.807, 2.05) is 17.9 Å². The van der Waals surface area contributed by atoms with Gasteiger partial charge >= 0.3 is 0 Å². The number of aromatic amines is 1. The van der Waals surface area contributed by atoms with Crippen LogP contribution in [0.15, 0.2) is 49.1 Å². The first-order valence-electron chi connectivity index (χ1n) is 9.88. The van der Waals surface area contributed by atoms with Crippen LogP contribution in [-0.2, 0) is 17.8 Å². The van der Waals surface area contributed by atoms with Crippen LogP contribution in [0.2, 0.25) is 0 Å². The number of aromatic nitrogens is 5.